The first kappa shape index (κ1) is 13.2. The van der Waals surface area contributed by atoms with E-state index in [-0.39, 0.29) is 0 Å². The van der Waals surface area contributed by atoms with Gasteiger partial charge in [0.2, 0.25) is 0 Å². The molecule has 2 nitrogen and oxygen atoms in total. The van der Waals surface area contributed by atoms with Gasteiger partial charge in [-0.2, -0.15) is 0 Å². The summed E-state index contributed by atoms with van der Waals surface area (Å²) in [6.45, 7) is 9.54. The number of benzene rings is 1. The standard InChI is InChI=1S/C14H24N2/c1-4-13-5-7-14(8-6-13)11-15-9-10-16-12(2)3/h5-8,12,15-16H,4,9-11H2,1-3H3. The fourth-order valence-corrected chi connectivity index (χ4v) is 1.57. The van der Waals surface area contributed by atoms with Gasteiger partial charge >= 0.3 is 0 Å². The number of hydrogen-bond donors (Lipinski definition) is 2. The Bertz CT molecular complexity index is 277. The second-order valence-electron chi connectivity index (χ2n) is 4.46. The van der Waals surface area contributed by atoms with E-state index in [1.165, 1.54) is 11.1 Å². The van der Waals surface area contributed by atoms with Crippen LogP contribution in [0.2, 0.25) is 0 Å². The smallest absolute Gasteiger partial charge is 0.0206 e. The van der Waals surface area contributed by atoms with Crippen LogP contribution in [0.15, 0.2) is 24.3 Å². The second-order valence-corrected chi connectivity index (χ2v) is 4.46. The SMILES string of the molecule is CCc1ccc(CNCCNC(C)C)cc1. The van der Waals surface area contributed by atoms with Crippen LogP contribution in [0, 0.1) is 0 Å². The van der Waals surface area contributed by atoms with Crippen LogP contribution >= 0.6 is 0 Å². The molecule has 0 atom stereocenters. The lowest BCUT2D eigenvalue weighted by atomic mass is 10.1. The topological polar surface area (TPSA) is 24.1 Å². The summed E-state index contributed by atoms with van der Waals surface area (Å²) < 4.78 is 0. The van der Waals surface area contributed by atoms with Gasteiger partial charge in [-0.05, 0) is 17.5 Å². The first-order valence-corrected chi connectivity index (χ1v) is 6.24. The molecular formula is C14H24N2. The van der Waals surface area contributed by atoms with Crippen molar-refractivity contribution < 1.29 is 0 Å². The fraction of sp³-hybridized carbons (Fsp3) is 0.571. The third-order valence-electron chi connectivity index (χ3n) is 2.61. The summed E-state index contributed by atoms with van der Waals surface area (Å²) in [6, 6.07) is 9.42. The average molecular weight is 220 g/mol. The van der Waals surface area contributed by atoms with Crippen molar-refractivity contribution >= 4 is 0 Å². The lowest BCUT2D eigenvalue weighted by Gasteiger charge is -2.09. The molecule has 16 heavy (non-hydrogen) atoms. The van der Waals surface area contributed by atoms with Crippen molar-refractivity contribution in [3.63, 3.8) is 0 Å². The second kappa shape index (κ2) is 7.42. The summed E-state index contributed by atoms with van der Waals surface area (Å²) in [6.07, 6.45) is 1.12. The molecular weight excluding hydrogens is 196 g/mol. The van der Waals surface area contributed by atoms with Crippen LogP contribution in [-0.2, 0) is 13.0 Å². The Hall–Kier alpha value is -0.860. The van der Waals surface area contributed by atoms with Gasteiger partial charge in [0.25, 0.3) is 0 Å². The Balaban J connectivity index is 2.16. The fourth-order valence-electron chi connectivity index (χ4n) is 1.57. The molecule has 0 fully saturated rings. The van der Waals surface area contributed by atoms with E-state index in [0.29, 0.717) is 6.04 Å². The predicted molar refractivity (Wildman–Crippen MR) is 70.7 cm³/mol. The Morgan fingerprint density at radius 2 is 1.62 bits per heavy atom. The van der Waals surface area contributed by atoms with Gasteiger partial charge in [-0.25, -0.2) is 0 Å². The largest absolute Gasteiger partial charge is 0.313 e. The van der Waals surface area contributed by atoms with E-state index >= 15 is 0 Å². The number of hydrogen-bond acceptors (Lipinski definition) is 2. The molecule has 0 bridgehead atoms. The Labute approximate surface area is 99.5 Å². The lowest BCUT2D eigenvalue weighted by Crippen LogP contribution is -2.31. The van der Waals surface area contributed by atoms with E-state index < -0.39 is 0 Å². The van der Waals surface area contributed by atoms with Crippen LogP contribution in [0.25, 0.3) is 0 Å². The Morgan fingerprint density at radius 3 is 2.19 bits per heavy atom. The third kappa shape index (κ3) is 5.29. The quantitative estimate of drug-likeness (QED) is 0.689. The summed E-state index contributed by atoms with van der Waals surface area (Å²) in [4.78, 5) is 0. The van der Waals surface area contributed by atoms with Crippen molar-refractivity contribution in [2.24, 2.45) is 0 Å². The van der Waals surface area contributed by atoms with Gasteiger partial charge in [-0.3, -0.25) is 0 Å². The molecule has 1 aromatic carbocycles. The molecule has 2 heteroatoms. The molecule has 0 aromatic heterocycles. The normalized spacial score (nSPS) is 11.0. The highest BCUT2D eigenvalue weighted by atomic mass is 15.0. The van der Waals surface area contributed by atoms with Crippen molar-refractivity contribution in [2.75, 3.05) is 13.1 Å². The zero-order valence-electron chi connectivity index (χ0n) is 10.7. The molecule has 1 aromatic rings. The van der Waals surface area contributed by atoms with Gasteiger partial charge in [0.05, 0.1) is 0 Å². The van der Waals surface area contributed by atoms with Crippen LogP contribution in [0.3, 0.4) is 0 Å². The zero-order chi connectivity index (χ0) is 11.8. The molecule has 0 radical (unpaired) electrons. The van der Waals surface area contributed by atoms with E-state index in [1.54, 1.807) is 0 Å². The van der Waals surface area contributed by atoms with E-state index in [4.69, 9.17) is 0 Å². The highest BCUT2D eigenvalue weighted by Crippen LogP contribution is 2.04. The number of aryl methyl sites for hydroxylation is 1. The van der Waals surface area contributed by atoms with Crippen LogP contribution in [0.1, 0.15) is 31.9 Å². The van der Waals surface area contributed by atoms with Crippen molar-refractivity contribution in [1.29, 1.82) is 0 Å². The van der Waals surface area contributed by atoms with Crippen molar-refractivity contribution in [3.8, 4) is 0 Å². The molecule has 0 aliphatic carbocycles. The average Bonchev–Trinajstić information content (AvgIpc) is 2.29. The van der Waals surface area contributed by atoms with Crippen LogP contribution in [0.4, 0.5) is 0 Å². The van der Waals surface area contributed by atoms with Crippen LogP contribution < -0.4 is 10.6 Å². The lowest BCUT2D eigenvalue weighted by molar-refractivity contribution is 0.555. The maximum absolute atomic E-state index is 3.43. The minimum absolute atomic E-state index is 0.575. The molecule has 0 saturated carbocycles. The van der Waals surface area contributed by atoms with Gasteiger partial charge < -0.3 is 10.6 Å². The van der Waals surface area contributed by atoms with Gasteiger partial charge in [0, 0.05) is 25.7 Å². The molecule has 0 aliphatic rings. The summed E-state index contributed by atoms with van der Waals surface area (Å²) in [5, 5.41) is 6.82. The highest BCUT2D eigenvalue weighted by molar-refractivity contribution is 5.22. The summed E-state index contributed by atoms with van der Waals surface area (Å²) in [7, 11) is 0. The Kier molecular flexibility index (Phi) is 6.12. The summed E-state index contributed by atoms with van der Waals surface area (Å²) >= 11 is 0. The van der Waals surface area contributed by atoms with E-state index in [1.807, 2.05) is 0 Å². The van der Waals surface area contributed by atoms with Gasteiger partial charge in [-0.1, -0.05) is 45.0 Å². The Morgan fingerprint density at radius 1 is 1.00 bits per heavy atom. The molecule has 0 saturated heterocycles. The molecule has 0 unspecified atom stereocenters. The van der Waals surface area contributed by atoms with E-state index in [0.717, 1.165) is 26.1 Å². The summed E-state index contributed by atoms with van der Waals surface area (Å²) in [5.41, 5.74) is 2.77. The van der Waals surface area contributed by atoms with Gasteiger partial charge in [0.15, 0.2) is 0 Å². The third-order valence-corrected chi connectivity index (χ3v) is 2.61. The van der Waals surface area contributed by atoms with Crippen LogP contribution in [-0.4, -0.2) is 19.1 Å². The summed E-state index contributed by atoms with van der Waals surface area (Å²) in [5.74, 6) is 0. The predicted octanol–water partition coefficient (Wildman–Crippen LogP) is 2.34. The van der Waals surface area contributed by atoms with Crippen molar-refractivity contribution in [3.05, 3.63) is 35.4 Å². The van der Waals surface area contributed by atoms with Crippen LogP contribution in [0.5, 0.6) is 0 Å². The number of rotatable bonds is 7. The van der Waals surface area contributed by atoms with Crippen molar-refractivity contribution in [2.45, 2.75) is 39.8 Å². The first-order chi connectivity index (χ1) is 7.72. The minimum Gasteiger partial charge on any atom is -0.313 e. The molecule has 2 N–H and O–H groups in total. The number of nitrogens with one attached hydrogen (secondary N) is 2. The maximum atomic E-state index is 3.43. The molecule has 1 rings (SSSR count). The first-order valence-electron chi connectivity index (χ1n) is 6.24. The minimum atomic E-state index is 0.575. The monoisotopic (exact) mass is 220 g/mol. The molecule has 0 amide bonds. The molecule has 0 spiro atoms. The highest BCUT2D eigenvalue weighted by Gasteiger charge is 1.94. The molecule has 0 aliphatic heterocycles. The molecule has 90 valence electrons. The van der Waals surface area contributed by atoms with Gasteiger partial charge in [-0.15, -0.1) is 0 Å². The van der Waals surface area contributed by atoms with E-state index in [9.17, 15) is 0 Å². The van der Waals surface area contributed by atoms with Crippen molar-refractivity contribution in [1.82, 2.24) is 10.6 Å². The molecule has 0 heterocycles. The zero-order valence-corrected chi connectivity index (χ0v) is 10.7. The van der Waals surface area contributed by atoms with Gasteiger partial charge in [0.1, 0.15) is 0 Å². The maximum Gasteiger partial charge on any atom is 0.0206 e. The van der Waals surface area contributed by atoms with E-state index in [2.05, 4.69) is 55.7 Å².